The summed E-state index contributed by atoms with van der Waals surface area (Å²) in [6, 6.07) is 0. The molecule has 134 valence electrons. The number of aromatic nitrogens is 2. The maximum Gasteiger partial charge on any atom is 0.274 e. The van der Waals surface area contributed by atoms with Crippen molar-refractivity contribution in [3.8, 4) is 0 Å². The second-order valence-electron chi connectivity index (χ2n) is 5.39. The van der Waals surface area contributed by atoms with Crippen molar-refractivity contribution in [2.24, 2.45) is 0 Å². The van der Waals surface area contributed by atoms with E-state index in [0.29, 0.717) is 38.5 Å². The molecule has 1 rings (SSSR count). The minimum Gasteiger partial charge on any atom is -0.382 e. The number of nitrogens with one attached hydrogen (secondary N) is 1. The van der Waals surface area contributed by atoms with Crippen molar-refractivity contribution in [1.82, 2.24) is 20.2 Å². The van der Waals surface area contributed by atoms with E-state index in [2.05, 4.69) is 22.2 Å². The molecule has 1 N–H and O–H groups in total. The van der Waals surface area contributed by atoms with Crippen LogP contribution in [0.5, 0.6) is 0 Å². The molecule has 0 saturated carbocycles. The molecule has 1 heterocycles. The summed E-state index contributed by atoms with van der Waals surface area (Å²) in [5.74, 6) is -0.244. The SMILES string of the molecule is CCCCNC(=O)CCN(CCCOCC)C(=O)c1cnccn1. The first-order valence-electron chi connectivity index (χ1n) is 8.58. The molecular formula is C17H28N4O3. The quantitative estimate of drug-likeness (QED) is 0.587. The third-order valence-corrected chi connectivity index (χ3v) is 3.45. The highest BCUT2D eigenvalue weighted by Gasteiger charge is 2.18. The minimum absolute atomic E-state index is 0.0368. The third kappa shape index (κ3) is 8.01. The van der Waals surface area contributed by atoms with E-state index in [0.717, 1.165) is 19.3 Å². The van der Waals surface area contributed by atoms with Gasteiger partial charge < -0.3 is 15.0 Å². The molecule has 0 aliphatic rings. The van der Waals surface area contributed by atoms with E-state index >= 15 is 0 Å². The van der Waals surface area contributed by atoms with E-state index < -0.39 is 0 Å². The van der Waals surface area contributed by atoms with Gasteiger partial charge in [-0.05, 0) is 19.8 Å². The molecule has 0 bridgehead atoms. The summed E-state index contributed by atoms with van der Waals surface area (Å²) in [7, 11) is 0. The van der Waals surface area contributed by atoms with Crippen LogP contribution >= 0.6 is 0 Å². The van der Waals surface area contributed by atoms with Gasteiger partial charge in [-0.3, -0.25) is 14.6 Å². The highest BCUT2D eigenvalue weighted by atomic mass is 16.5. The number of carbonyl (C=O) groups is 2. The lowest BCUT2D eigenvalue weighted by Crippen LogP contribution is -2.37. The lowest BCUT2D eigenvalue weighted by atomic mass is 10.2. The zero-order chi connectivity index (χ0) is 17.6. The molecule has 0 atom stereocenters. The molecule has 0 unspecified atom stereocenters. The monoisotopic (exact) mass is 336 g/mol. The second-order valence-corrected chi connectivity index (χ2v) is 5.39. The van der Waals surface area contributed by atoms with Crippen molar-refractivity contribution in [3.63, 3.8) is 0 Å². The van der Waals surface area contributed by atoms with Gasteiger partial charge in [0.25, 0.3) is 5.91 Å². The molecule has 0 aliphatic carbocycles. The highest BCUT2D eigenvalue weighted by molar-refractivity contribution is 5.92. The maximum absolute atomic E-state index is 12.5. The van der Waals surface area contributed by atoms with E-state index in [1.807, 2.05) is 6.92 Å². The van der Waals surface area contributed by atoms with Crippen molar-refractivity contribution in [2.45, 2.75) is 39.5 Å². The van der Waals surface area contributed by atoms with Crippen molar-refractivity contribution in [1.29, 1.82) is 0 Å². The molecule has 0 radical (unpaired) electrons. The Morgan fingerprint density at radius 3 is 2.71 bits per heavy atom. The maximum atomic E-state index is 12.5. The summed E-state index contributed by atoms with van der Waals surface area (Å²) in [5, 5.41) is 2.86. The summed E-state index contributed by atoms with van der Waals surface area (Å²) in [5.41, 5.74) is 0.292. The zero-order valence-corrected chi connectivity index (χ0v) is 14.7. The Morgan fingerprint density at radius 1 is 1.21 bits per heavy atom. The number of hydrogen-bond acceptors (Lipinski definition) is 5. The molecule has 7 heteroatoms. The lowest BCUT2D eigenvalue weighted by molar-refractivity contribution is -0.121. The van der Waals surface area contributed by atoms with Crippen LogP contribution in [0.25, 0.3) is 0 Å². The summed E-state index contributed by atoms with van der Waals surface area (Å²) < 4.78 is 5.32. The van der Waals surface area contributed by atoms with Crippen molar-refractivity contribution in [3.05, 3.63) is 24.3 Å². The molecule has 7 nitrogen and oxygen atoms in total. The average Bonchev–Trinajstić information content (AvgIpc) is 2.61. The number of nitrogens with zero attached hydrogens (tertiary/aromatic N) is 3. The first-order chi connectivity index (χ1) is 11.7. The first kappa shape index (κ1) is 20.0. The van der Waals surface area contributed by atoms with E-state index in [1.165, 1.54) is 18.6 Å². The summed E-state index contributed by atoms with van der Waals surface area (Å²) in [6.07, 6.45) is 7.46. The van der Waals surface area contributed by atoms with Gasteiger partial charge in [0, 0.05) is 51.7 Å². The highest BCUT2D eigenvalue weighted by Crippen LogP contribution is 2.03. The van der Waals surface area contributed by atoms with Crippen LogP contribution in [0.4, 0.5) is 0 Å². The van der Waals surface area contributed by atoms with Crippen LogP contribution in [0.2, 0.25) is 0 Å². The predicted molar refractivity (Wildman–Crippen MR) is 91.6 cm³/mol. The Morgan fingerprint density at radius 2 is 2.04 bits per heavy atom. The fourth-order valence-electron chi connectivity index (χ4n) is 2.12. The molecule has 1 aromatic rings. The lowest BCUT2D eigenvalue weighted by Gasteiger charge is -2.22. The normalized spacial score (nSPS) is 10.4. The van der Waals surface area contributed by atoms with E-state index in [-0.39, 0.29) is 18.2 Å². The van der Waals surface area contributed by atoms with Gasteiger partial charge in [0.2, 0.25) is 5.91 Å². The fourth-order valence-corrected chi connectivity index (χ4v) is 2.12. The molecule has 2 amide bonds. The number of unbranched alkanes of at least 4 members (excludes halogenated alkanes) is 1. The standard InChI is InChI=1S/C17H28N4O3/c1-3-5-8-20-16(22)7-12-21(11-6-13-24-4-2)17(23)15-14-18-9-10-19-15/h9-10,14H,3-8,11-13H2,1-2H3,(H,20,22). The molecule has 0 aliphatic heterocycles. The minimum atomic E-state index is -0.207. The number of hydrogen-bond donors (Lipinski definition) is 1. The number of amides is 2. The molecule has 0 fully saturated rings. The van der Waals surface area contributed by atoms with Crippen LogP contribution in [0.15, 0.2) is 18.6 Å². The van der Waals surface area contributed by atoms with Gasteiger partial charge in [-0.15, -0.1) is 0 Å². The molecule has 1 aromatic heterocycles. The van der Waals surface area contributed by atoms with Gasteiger partial charge in [-0.25, -0.2) is 4.98 Å². The summed E-state index contributed by atoms with van der Waals surface area (Å²) in [4.78, 5) is 34.0. The van der Waals surface area contributed by atoms with E-state index in [4.69, 9.17) is 4.74 Å². The van der Waals surface area contributed by atoms with Crippen molar-refractivity contribution in [2.75, 3.05) is 32.8 Å². The van der Waals surface area contributed by atoms with Gasteiger partial charge in [0.05, 0.1) is 6.20 Å². The van der Waals surface area contributed by atoms with E-state index in [1.54, 1.807) is 4.90 Å². The van der Waals surface area contributed by atoms with Gasteiger partial charge in [-0.2, -0.15) is 0 Å². The Balaban J connectivity index is 2.54. The van der Waals surface area contributed by atoms with Gasteiger partial charge >= 0.3 is 0 Å². The van der Waals surface area contributed by atoms with Gasteiger partial charge in [-0.1, -0.05) is 13.3 Å². The molecule has 0 spiro atoms. The fraction of sp³-hybridized carbons (Fsp3) is 0.647. The zero-order valence-electron chi connectivity index (χ0n) is 14.7. The van der Waals surface area contributed by atoms with Crippen molar-refractivity contribution >= 4 is 11.8 Å². The van der Waals surface area contributed by atoms with E-state index in [9.17, 15) is 9.59 Å². The number of ether oxygens (including phenoxy) is 1. The Bertz CT molecular complexity index is 482. The Labute approximate surface area is 143 Å². The predicted octanol–water partition coefficient (Wildman–Crippen LogP) is 1.65. The van der Waals surface area contributed by atoms with Gasteiger partial charge in [0.1, 0.15) is 5.69 Å². The van der Waals surface area contributed by atoms with Crippen LogP contribution in [-0.4, -0.2) is 59.5 Å². The van der Waals surface area contributed by atoms with Gasteiger partial charge in [0.15, 0.2) is 0 Å². The van der Waals surface area contributed by atoms with Crippen molar-refractivity contribution < 1.29 is 14.3 Å². The summed E-state index contributed by atoms with van der Waals surface area (Å²) >= 11 is 0. The molecular weight excluding hydrogens is 308 g/mol. The number of rotatable bonds is 12. The van der Waals surface area contributed by atoms with Crippen LogP contribution in [0.1, 0.15) is 50.0 Å². The van der Waals surface area contributed by atoms with Crippen LogP contribution in [0, 0.1) is 0 Å². The topological polar surface area (TPSA) is 84.4 Å². The average molecular weight is 336 g/mol. The molecule has 24 heavy (non-hydrogen) atoms. The molecule has 0 aromatic carbocycles. The van der Waals surface area contributed by atoms with Crippen LogP contribution in [0.3, 0.4) is 0 Å². The Hall–Kier alpha value is -2.02. The largest absolute Gasteiger partial charge is 0.382 e. The Kier molecular flexibility index (Phi) is 10.4. The van der Waals surface area contributed by atoms with Crippen LogP contribution < -0.4 is 5.32 Å². The first-order valence-corrected chi connectivity index (χ1v) is 8.58. The second kappa shape index (κ2) is 12.4. The smallest absolute Gasteiger partial charge is 0.274 e. The number of carbonyl (C=O) groups excluding carboxylic acids is 2. The van der Waals surface area contributed by atoms with Crippen LogP contribution in [-0.2, 0) is 9.53 Å². The third-order valence-electron chi connectivity index (χ3n) is 3.45. The molecule has 0 saturated heterocycles. The summed E-state index contributed by atoms with van der Waals surface area (Å²) in [6.45, 7) is 6.81.